The number of pyridine rings is 1. The maximum atomic E-state index is 12.3. The molecule has 0 aliphatic heterocycles. The van der Waals surface area contributed by atoms with Gasteiger partial charge < -0.3 is 4.74 Å². The number of hydrogen-bond acceptors (Lipinski definition) is 5. The minimum absolute atomic E-state index is 0.172. The Kier molecular flexibility index (Phi) is 7.95. The standard InChI is InChI=1S/C21H29NO4S/c1-5-18(14-16(2)19-10-12-22-13-11-19)20-6-8-21(9-7-20)27(23,24)26-17(3)15-25-4/h6-13,16-18H,5,14-15H2,1-4H3. The largest absolute Gasteiger partial charge is 0.382 e. The van der Waals surface area contributed by atoms with E-state index in [2.05, 4.69) is 18.8 Å². The van der Waals surface area contributed by atoms with Gasteiger partial charge in [-0.2, -0.15) is 8.42 Å². The molecular weight excluding hydrogens is 362 g/mol. The Morgan fingerprint density at radius 3 is 2.19 bits per heavy atom. The molecule has 2 rings (SSSR count). The van der Waals surface area contributed by atoms with Gasteiger partial charge in [-0.15, -0.1) is 0 Å². The summed E-state index contributed by atoms with van der Waals surface area (Å²) in [6, 6.07) is 11.1. The minimum atomic E-state index is -3.78. The number of aromatic nitrogens is 1. The fourth-order valence-electron chi connectivity index (χ4n) is 3.23. The van der Waals surface area contributed by atoms with E-state index < -0.39 is 16.2 Å². The maximum absolute atomic E-state index is 12.3. The van der Waals surface area contributed by atoms with E-state index in [-0.39, 0.29) is 11.5 Å². The molecule has 3 unspecified atom stereocenters. The van der Waals surface area contributed by atoms with Crippen molar-refractivity contribution in [3.8, 4) is 0 Å². The Morgan fingerprint density at radius 1 is 1.00 bits per heavy atom. The molecule has 27 heavy (non-hydrogen) atoms. The van der Waals surface area contributed by atoms with Crippen LogP contribution in [0.5, 0.6) is 0 Å². The third-order valence-electron chi connectivity index (χ3n) is 4.74. The van der Waals surface area contributed by atoms with Gasteiger partial charge in [0.25, 0.3) is 10.1 Å². The lowest BCUT2D eigenvalue weighted by molar-refractivity contribution is 0.0962. The van der Waals surface area contributed by atoms with Crippen molar-refractivity contribution in [2.45, 2.75) is 56.4 Å². The monoisotopic (exact) mass is 391 g/mol. The Hall–Kier alpha value is -1.76. The molecule has 6 heteroatoms. The smallest absolute Gasteiger partial charge is 0.297 e. The molecule has 0 spiro atoms. The van der Waals surface area contributed by atoms with Crippen LogP contribution in [0.2, 0.25) is 0 Å². The average molecular weight is 392 g/mol. The van der Waals surface area contributed by atoms with Crippen LogP contribution in [0.25, 0.3) is 0 Å². The number of rotatable bonds is 10. The van der Waals surface area contributed by atoms with E-state index in [0.29, 0.717) is 11.8 Å². The van der Waals surface area contributed by atoms with Crippen LogP contribution in [0.15, 0.2) is 53.7 Å². The van der Waals surface area contributed by atoms with Crippen LogP contribution in [0, 0.1) is 0 Å². The van der Waals surface area contributed by atoms with Gasteiger partial charge >= 0.3 is 0 Å². The lowest BCUT2D eigenvalue weighted by Gasteiger charge is -2.21. The van der Waals surface area contributed by atoms with Gasteiger partial charge in [-0.25, -0.2) is 0 Å². The second-order valence-corrected chi connectivity index (χ2v) is 8.48. The Labute approximate surface area is 162 Å². The first-order valence-electron chi connectivity index (χ1n) is 9.29. The molecule has 0 aliphatic carbocycles. The van der Waals surface area contributed by atoms with Crippen molar-refractivity contribution in [2.24, 2.45) is 0 Å². The zero-order valence-electron chi connectivity index (χ0n) is 16.5. The first kappa shape index (κ1) is 21.5. The molecule has 0 amide bonds. The van der Waals surface area contributed by atoms with E-state index >= 15 is 0 Å². The second-order valence-electron chi connectivity index (χ2n) is 6.91. The van der Waals surface area contributed by atoms with Crippen molar-refractivity contribution in [3.05, 3.63) is 59.9 Å². The van der Waals surface area contributed by atoms with Crippen molar-refractivity contribution in [2.75, 3.05) is 13.7 Å². The normalized spacial score (nSPS) is 15.3. The maximum Gasteiger partial charge on any atom is 0.297 e. The Bertz CT molecular complexity index is 791. The van der Waals surface area contributed by atoms with Gasteiger partial charge in [-0.1, -0.05) is 26.0 Å². The van der Waals surface area contributed by atoms with E-state index in [1.54, 1.807) is 19.1 Å². The van der Waals surface area contributed by atoms with E-state index in [1.807, 2.05) is 36.7 Å². The van der Waals surface area contributed by atoms with Crippen LogP contribution in [0.3, 0.4) is 0 Å². The quantitative estimate of drug-likeness (QED) is 0.558. The number of nitrogens with zero attached hydrogens (tertiary/aromatic N) is 1. The third-order valence-corrected chi connectivity index (χ3v) is 6.17. The molecular formula is C21H29NO4S. The number of ether oxygens (including phenoxy) is 1. The molecule has 0 aliphatic rings. The van der Waals surface area contributed by atoms with Gasteiger partial charge in [-0.3, -0.25) is 9.17 Å². The van der Waals surface area contributed by atoms with Crippen molar-refractivity contribution in [1.82, 2.24) is 4.98 Å². The summed E-state index contributed by atoms with van der Waals surface area (Å²) in [6.07, 6.45) is 5.09. The molecule has 0 saturated carbocycles. The van der Waals surface area contributed by atoms with Crippen LogP contribution in [0.4, 0.5) is 0 Å². The van der Waals surface area contributed by atoms with E-state index in [4.69, 9.17) is 8.92 Å². The van der Waals surface area contributed by atoms with E-state index in [0.717, 1.165) is 18.4 Å². The molecule has 3 atom stereocenters. The van der Waals surface area contributed by atoms with Crippen molar-refractivity contribution in [3.63, 3.8) is 0 Å². The molecule has 0 N–H and O–H groups in total. The van der Waals surface area contributed by atoms with Crippen LogP contribution < -0.4 is 0 Å². The zero-order valence-corrected chi connectivity index (χ0v) is 17.3. The lowest BCUT2D eigenvalue weighted by Crippen LogP contribution is -2.20. The first-order chi connectivity index (χ1) is 12.9. The van der Waals surface area contributed by atoms with Gasteiger partial charge in [-0.05, 0) is 67.0 Å². The summed E-state index contributed by atoms with van der Waals surface area (Å²) < 4.78 is 34.8. The summed E-state index contributed by atoms with van der Waals surface area (Å²) in [5, 5.41) is 0. The predicted molar refractivity (Wildman–Crippen MR) is 106 cm³/mol. The molecule has 5 nitrogen and oxygen atoms in total. The van der Waals surface area contributed by atoms with Gasteiger partial charge in [0.1, 0.15) is 0 Å². The van der Waals surface area contributed by atoms with Gasteiger partial charge in [0, 0.05) is 19.5 Å². The molecule has 1 heterocycles. The van der Waals surface area contributed by atoms with E-state index in [1.165, 1.54) is 12.7 Å². The third kappa shape index (κ3) is 6.13. The first-order valence-corrected chi connectivity index (χ1v) is 10.7. The van der Waals surface area contributed by atoms with Crippen molar-refractivity contribution >= 4 is 10.1 Å². The van der Waals surface area contributed by atoms with Crippen LogP contribution in [0.1, 0.15) is 56.6 Å². The Balaban J connectivity index is 2.10. The summed E-state index contributed by atoms with van der Waals surface area (Å²) in [5.41, 5.74) is 2.41. The summed E-state index contributed by atoms with van der Waals surface area (Å²) >= 11 is 0. The zero-order chi connectivity index (χ0) is 19.9. The fourth-order valence-corrected chi connectivity index (χ4v) is 4.30. The minimum Gasteiger partial charge on any atom is -0.382 e. The van der Waals surface area contributed by atoms with Gasteiger partial charge in [0.2, 0.25) is 0 Å². The number of methoxy groups -OCH3 is 1. The summed E-state index contributed by atoms with van der Waals surface area (Å²) in [7, 11) is -2.27. The van der Waals surface area contributed by atoms with Gasteiger partial charge in [0.15, 0.2) is 0 Å². The van der Waals surface area contributed by atoms with Crippen molar-refractivity contribution < 1.29 is 17.3 Å². The number of hydrogen-bond donors (Lipinski definition) is 0. The summed E-state index contributed by atoms with van der Waals surface area (Å²) in [5.74, 6) is 0.762. The highest BCUT2D eigenvalue weighted by atomic mass is 32.2. The van der Waals surface area contributed by atoms with Crippen LogP contribution >= 0.6 is 0 Å². The molecule has 2 aromatic rings. The fraction of sp³-hybridized carbons (Fsp3) is 0.476. The number of benzene rings is 1. The second kappa shape index (κ2) is 9.97. The van der Waals surface area contributed by atoms with E-state index in [9.17, 15) is 8.42 Å². The Morgan fingerprint density at radius 2 is 1.63 bits per heavy atom. The molecule has 0 saturated heterocycles. The highest BCUT2D eigenvalue weighted by Gasteiger charge is 2.20. The average Bonchev–Trinajstić information content (AvgIpc) is 2.66. The van der Waals surface area contributed by atoms with Crippen LogP contribution in [-0.2, 0) is 19.0 Å². The van der Waals surface area contributed by atoms with Gasteiger partial charge in [0.05, 0.1) is 17.6 Å². The summed E-state index contributed by atoms with van der Waals surface area (Å²) in [6.45, 7) is 6.26. The SMILES string of the molecule is CCC(CC(C)c1ccncc1)c1ccc(S(=O)(=O)OC(C)COC)cc1. The highest BCUT2D eigenvalue weighted by Crippen LogP contribution is 2.32. The molecule has 148 valence electrons. The summed E-state index contributed by atoms with van der Waals surface area (Å²) in [4.78, 5) is 4.25. The topological polar surface area (TPSA) is 65.5 Å². The molecule has 1 aromatic heterocycles. The molecule has 0 fully saturated rings. The molecule has 1 aromatic carbocycles. The van der Waals surface area contributed by atoms with Crippen LogP contribution in [-0.4, -0.2) is 33.2 Å². The highest BCUT2D eigenvalue weighted by molar-refractivity contribution is 7.86. The lowest BCUT2D eigenvalue weighted by atomic mass is 9.85. The molecule has 0 radical (unpaired) electrons. The molecule has 0 bridgehead atoms. The predicted octanol–water partition coefficient (Wildman–Crippen LogP) is 4.51. The van der Waals surface area contributed by atoms with Crippen molar-refractivity contribution in [1.29, 1.82) is 0 Å².